The molecule has 0 unspecified atom stereocenters. The Morgan fingerprint density at radius 1 is 1.00 bits per heavy atom. The molecule has 0 spiro atoms. The van der Waals surface area contributed by atoms with Crippen molar-refractivity contribution in [2.45, 2.75) is 59.3 Å². The van der Waals surface area contributed by atoms with Crippen molar-refractivity contribution in [3.63, 3.8) is 0 Å². The van der Waals surface area contributed by atoms with E-state index >= 15 is 0 Å². The van der Waals surface area contributed by atoms with Gasteiger partial charge in [-0.1, -0.05) is 52.3 Å². The molecule has 4 heteroatoms. The Hall–Kier alpha value is -0.870. The van der Waals surface area contributed by atoms with Crippen LogP contribution in [0.4, 0.5) is 0 Å². The Labute approximate surface area is 142 Å². The number of ether oxygens (including phenoxy) is 1. The Bertz CT molecular complexity index is 578. The highest BCUT2D eigenvalue weighted by molar-refractivity contribution is 7.91. The molecule has 0 aliphatic rings. The zero-order valence-corrected chi connectivity index (χ0v) is 16.3. The summed E-state index contributed by atoms with van der Waals surface area (Å²) in [6.45, 7) is 13.8. The normalized spacial score (nSPS) is 13.3. The van der Waals surface area contributed by atoms with E-state index in [1.54, 1.807) is 12.1 Å². The van der Waals surface area contributed by atoms with E-state index in [0.29, 0.717) is 11.5 Å². The fourth-order valence-electron chi connectivity index (χ4n) is 2.45. The SMILES string of the molecule is Cc1ccc(S(=O)(=O)CC(C)(C)CCCOCC(C)(C)C)cc1. The lowest BCUT2D eigenvalue weighted by Crippen LogP contribution is -2.25. The van der Waals surface area contributed by atoms with Crippen LogP contribution < -0.4 is 0 Å². The Morgan fingerprint density at radius 3 is 2.09 bits per heavy atom. The third-order valence-corrected chi connectivity index (χ3v) is 5.79. The minimum absolute atomic E-state index is 0.169. The van der Waals surface area contributed by atoms with Gasteiger partial charge in [-0.25, -0.2) is 8.42 Å². The van der Waals surface area contributed by atoms with Crippen molar-refractivity contribution in [1.82, 2.24) is 0 Å². The summed E-state index contributed by atoms with van der Waals surface area (Å²) in [5.41, 5.74) is 0.984. The maximum Gasteiger partial charge on any atom is 0.178 e. The van der Waals surface area contributed by atoms with Gasteiger partial charge >= 0.3 is 0 Å². The van der Waals surface area contributed by atoms with Gasteiger partial charge in [0, 0.05) is 6.61 Å². The number of hydrogen-bond donors (Lipinski definition) is 0. The zero-order chi connectivity index (χ0) is 17.7. The minimum atomic E-state index is -3.24. The standard InChI is InChI=1S/C19H32O3S/c1-16-8-10-17(11-9-16)23(20,21)15-19(5,6)12-7-13-22-14-18(2,3)4/h8-11H,7,12-15H2,1-6H3. The van der Waals surface area contributed by atoms with Crippen LogP contribution in [0.3, 0.4) is 0 Å². The van der Waals surface area contributed by atoms with Gasteiger partial charge in [0.15, 0.2) is 9.84 Å². The van der Waals surface area contributed by atoms with Crippen LogP contribution in [0.15, 0.2) is 29.2 Å². The quantitative estimate of drug-likeness (QED) is 0.648. The molecule has 0 aromatic heterocycles. The molecule has 0 heterocycles. The van der Waals surface area contributed by atoms with Crippen LogP contribution in [0.2, 0.25) is 0 Å². The lowest BCUT2D eigenvalue weighted by molar-refractivity contribution is 0.0649. The maximum atomic E-state index is 12.5. The summed E-state index contributed by atoms with van der Waals surface area (Å²) in [5.74, 6) is 0.169. The van der Waals surface area contributed by atoms with E-state index in [1.807, 2.05) is 32.9 Å². The molecule has 1 rings (SSSR count). The van der Waals surface area contributed by atoms with E-state index in [2.05, 4.69) is 20.8 Å². The van der Waals surface area contributed by atoms with E-state index in [0.717, 1.165) is 25.0 Å². The summed E-state index contributed by atoms with van der Waals surface area (Å²) >= 11 is 0. The second-order valence-corrected chi connectivity index (χ2v) is 10.4. The first-order chi connectivity index (χ1) is 10.4. The van der Waals surface area contributed by atoms with Crippen LogP contribution in [0.25, 0.3) is 0 Å². The molecule has 0 N–H and O–H groups in total. The molecule has 0 fully saturated rings. The van der Waals surface area contributed by atoms with Crippen molar-refractivity contribution in [3.8, 4) is 0 Å². The third-order valence-electron chi connectivity index (χ3n) is 3.64. The smallest absolute Gasteiger partial charge is 0.178 e. The van der Waals surface area contributed by atoms with Crippen molar-refractivity contribution in [1.29, 1.82) is 0 Å². The fourth-order valence-corrected chi connectivity index (χ4v) is 4.34. The first kappa shape index (κ1) is 20.2. The Morgan fingerprint density at radius 2 is 1.57 bits per heavy atom. The Balaban J connectivity index is 2.52. The third kappa shape index (κ3) is 7.98. The van der Waals surface area contributed by atoms with Crippen LogP contribution in [0, 0.1) is 17.8 Å². The molecule has 3 nitrogen and oxygen atoms in total. The molecule has 0 atom stereocenters. The van der Waals surface area contributed by atoms with Crippen molar-refractivity contribution < 1.29 is 13.2 Å². The first-order valence-corrected chi connectivity index (χ1v) is 9.94. The van der Waals surface area contributed by atoms with E-state index in [9.17, 15) is 8.42 Å². The zero-order valence-electron chi connectivity index (χ0n) is 15.5. The monoisotopic (exact) mass is 340 g/mol. The van der Waals surface area contributed by atoms with Crippen LogP contribution >= 0.6 is 0 Å². The highest BCUT2D eigenvalue weighted by Gasteiger charge is 2.27. The van der Waals surface area contributed by atoms with E-state index in [-0.39, 0.29) is 16.6 Å². The molecule has 1 aromatic rings. The topological polar surface area (TPSA) is 43.4 Å². The summed E-state index contributed by atoms with van der Waals surface area (Å²) in [6.07, 6.45) is 1.72. The molecular weight excluding hydrogens is 308 g/mol. The number of hydrogen-bond acceptors (Lipinski definition) is 3. The summed E-state index contributed by atoms with van der Waals surface area (Å²) in [7, 11) is -3.24. The largest absolute Gasteiger partial charge is 0.381 e. The molecule has 23 heavy (non-hydrogen) atoms. The van der Waals surface area contributed by atoms with Crippen molar-refractivity contribution in [2.24, 2.45) is 10.8 Å². The van der Waals surface area contributed by atoms with Gasteiger partial charge < -0.3 is 4.74 Å². The summed E-state index contributed by atoms with van der Waals surface area (Å²) in [5, 5.41) is 0. The molecule has 1 aromatic carbocycles. The molecule has 132 valence electrons. The molecular formula is C19H32O3S. The highest BCUT2D eigenvalue weighted by atomic mass is 32.2. The van der Waals surface area contributed by atoms with Crippen LogP contribution in [-0.4, -0.2) is 27.4 Å². The molecule has 0 aliphatic heterocycles. The van der Waals surface area contributed by atoms with Gasteiger partial charge in [0.05, 0.1) is 17.3 Å². The van der Waals surface area contributed by atoms with E-state index in [1.165, 1.54) is 0 Å². The van der Waals surface area contributed by atoms with Crippen molar-refractivity contribution >= 4 is 9.84 Å². The predicted molar refractivity (Wildman–Crippen MR) is 96.5 cm³/mol. The van der Waals surface area contributed by atoms with Gasteiger partial charge in [-0.05, 0) is 42.7 Å². The van der Waals surface area contributed by atoms with E-state index in [4.69, 9.17) is 4.74 Å². The van der Waals surface area contributed by atoms with Gasteiger partial charge in [-0.2, -0.15) is 0 Å². The number of aryl methyl sites for hydroxylation is 1. The molecule has 0 saturated heterocycles. The second kappa shape index (κ2) is 7.80. The van der Waals surface area contributed by atoms with Gasteiger partial charge in [0.1, 0.15) is 0 Å². The van der Waals surface area contributed by atoms with Gasteiger partial charge in [0.2, 0.25) is 0 Å². The average molecular weight is 341 g/mol. The lowest BCUT2D eigenvalue weighted by Gasteiger charge is -2.25. The summed E-state index contributed by atoms with van der Waals surface area (Å²) in [4.78, 5) is 0.417. The average Bonchev–Trinajstić information content (AvgIpc) is 2.36. The Kier molecular flexibility index (Phi) is 6.84. The highest BCUT2D eigenvalue weighted by Crippen LogP contribution is 2.28. The van der Waals surface area contributed by atoms with Gasteiger partial charge in [-0.3, -0.25) is 0 Å². The molecule has 0 amide bonds. The van der Waals surface area contributed by atoms with E-state index < -0.39 is 9.84 Å². The number of sulfone groups is 1. The minimum Gasteiger partial charge on any atom is -0.381 e. The molecule has 0 radical (unpaired) electrons. The van der Waals surface area contributed by atoms with Gasteiger partial charge in [-0.15, -0.1) is 0 Å². The maximum absolute atomic E-state index is 12.5. The predicted octanol–water partition coefficient (Wildman–Crippen LogP) is 4.64. The van der Waals surface area contributed by atoms with Crippen LogP contribution in [-0.2, 0) is 14.6 Å². The molecule has 0 bridgehead atoms. The first-order valence-electron chi connectivity index (χ1n) is 8.29. The summed E-state index contributed by atoms with van der Waals surface area (Å²) < 4.78 is 30.8. The molecule has 0 aliphatic carbocycles. The van der Waals surface area contributed by atoms with Crippen LogP contribution in [0.5, 0.6) is 0 Å². The number of benzene rings is 1. The lowest BCUT2D eigenvalue weighted by atomic mass is 9.90. The fraction of sp³-hybridized carbons (Fsp3) is 0.684. The number of rotatable bonds is 8. The van der Waals surface area contributed by atoms with Crippen LogP contribution in [0.1, 0.15) is 53.0 Å². The van der Waals surface area contributed by atoms with Gasteiger partial charge in [0.25, 0.3) is 0 Å². The molecule has 0 saturated carbocycles. The summed E-state index contributed by atoms with van der Waals surface area (Å²) in [6, 6.07) is 7.10. The second-order valence-electron chi connectivity index (χ2n) is 8.45. The van der Waals surface area contributed by atoms with Crippen molar-refractivity contribution in [3.05, 3.63) is 29.8 Å². The van der Waals surface area contributed by atoms with Crippen molar-refractivity contribution in [2.75, 3.05) is 19.0 Å².